The third kappa shape index (κ3) is 5.34. The molecular formula is C17H34N2O. The number of nitrogens with zero attached hydrogens (tertiary/aromatic N) is 1. The van der Waals surface area contributed by atoms with E-state index in [2.05, 4.69) is 17.1 Å². The Bertz CT molecular complexity index is 239. The summed E-state index contributed by atoms with van der Waals surface area (Å²) in [6, 6.07) is 0.647. The fourth-order valence-electron chi connectivity index (χ4n) is 4.07. The number of aliphatic hydroxyl groups excluding tert-OH is 1. The SMILES string of the molecule is CCCN1CC(CCO)CC(NCC2CCCCC2)C1. The average Bonchev–Trinajstić information content (AvgIpc) is 2.47. The van der Waals surface area contributed by atoms with Gasteiger partial charge in [-0.15, -0.1) is 0 Å². The number of rotatable bonds is 7. The Balaban J connectivity index is 1.75. The highest BCUT2D eigenvalue weighted by Crippen LogP contribution is 2.24. The summed E-state index contributed by atoms with van der Waals surface area (Å²) in [6.07, 6.45) is 10.6. The van der Waals surface area contributed by atoms with Gasteiger partial charge in [0.2, 0.25) is 0 Å². The molecule has 1 aliphatic carbocycles. The highest BCUT2D eigenvalue weighted by atomic mass is 16.3. The molecule has 2 aliphatic rings. The van der Waals surface area contributed by atoms with Gasteiger partial charge in [0.15, 0.2) is 0 Å². The van der Waals surface area contributed by atoms with E-state index in [9.17, 15) is 5.11 Å². The zero-order valence-corrected chi connectivity index (χ0v) is 13.3. The summed E-state index contributed by atoms with van der Waals surface area (Å²) < 4.78 is 0. The number of likely N-dealkylation sites (tertiary alicyclic amines) is 1. The van der Waals surface area contributed by atoms with E-state index < -0.39 is 0 Å². The minimum absolute atomic E-state index is 0.347. The van der Waals surface area contributed by atoms with Gasteiger partial charge in [-0.3, -0.25) is 0 Å². The first kappa shape index (κ1) is 16.3. The van der Waals surface area contributed by atoms with Gasteiger partial charge in [0.1, 0.15) is 0 Å². The van der Waals surface area contributed by atoms with Crippen molar-refractivity contribution in [3.63, 3.8) is 0 Å². The average molecular weight is 282 g/mol. The molecule has 2 unspecified atom stereocenters. The zero-order chi connectivity index (χ0) is 14.2. The van der Waals surface area contributed by atoms with E-state index in [1.807, 2.05) is 0 Å². The van der Waals surface area contributed by atoms with Crippen LogP contribution in [0.1, 0.15) is 58.3 Å². The van der Waals surface area contributed by atoms with Crippen molar-refractivity contribution in [1.29, 1.82) is 0 Å². The van der Waals surface area contributed by atoms with E-state index in [0.29, 0.717) is 18.6 Å². The van der Waals surface area contributed by atoms with Crippen LogP contribution in [0.3, 0.4) is 0 Å². The minimum atomic E-state index is 0.347. The first-order chi connectivity index (χ1) is 9.81. The molecule has 2 fully saturated rings. The Labute approximate surface area is 125 Å². The normalized spacial score (nSPS) is 29.7. The predicted molar refractivity (Wildman–Crippen MR) is 84.9 cm³/mol. The molecule has 0 spiro atoms. The first-order valence-corrected chi connectivity index (χ1v) is 8.88. The van der Waals surface area contributed by atoms with Crippen molar-refractivity contribution in [2.24, 2.45) is 11.8 Å². The van der Waals surface area contributed by atoms with Crippen molar-refractivity contribution < 1.29 is 5.11 Å². The van der Waals surface area contributed by atoms with Gasteiger partial charge in [-0.25, -0.2) is 0 Å². The third-order valence-electron chi connectivity index (χ3n) is 5.11. The van der Waals surface area contributed by atoms with Crippen molar-refractivity contribution in [2.45, 2.75) is 64.3 Å². The summed E-state index contributed by atoms with van der Waals surface area (Å²) in [5.74, 6) is 1.60. The molecule has 2 rings (SSSR count). The molecular weight excluding hydrogens is 248 g/mol. The summed E-state index contributed by atoms with van der Waals surface area (Å²) in [7, 11) is 0. The molecule has 0 bridgehead atoms. The van der Waals surface area contributed by atoms with Crippen LogP contribution in [-0.2, 0) is 0 Å². The van der Waals surface area contributed by atoms with Gasteiger partial charge in [-0.1, -0.05) is 26.2 Å². The van der Waals surface area contributed by atoms with Gasteiger partial charge in [-0.05, 0) is 57.0 Å². The molecule has 2 N–H and O–H groups in total. The summed E-state index contributed by atoms with van der Waals surface area (Å²) in [5, 5.41) is 13.1. The topological polar surface area (TPSA) is 35.5 Å². The highest BCUT2D eigenvalue weighted by Gasteiger charge is 2.26. The number of hydrogen-bond acceptors (Lipinski definition) is 3. The molecule has 20 heavy (non-hydrogen) atoms. The monoisotopic (exact) mass is 282 g/mol. The van der Waals surface area contributed by atoms with Gasteiger partial charge in [0.25, 0.3) is 0 Å². The van der Waals surface area contributed by atoms with Crippen LogP contribution in [0.15, 0.2) is 0 Å². The lowest BCUT2D eigenvalue weighted by Crippen LogP contribution is -2.50. The van der Waals surface area contributed by atoms with Gasteiger partial charge in [-0.2, -0.15) is 0 Å². The second-order valence-electron chi connectivity index (χ2n) is 6.98. The van der Waals surface area contributed by atoms with Crippen molar-refractivity contribution in [2.75, 3.05) is 32.8 Å². The van der Waals surface area contributed by atoms with Crippen molar-refractivity contribution in [1.82, 2.24) is 10.2 Å². The largest absolute Gasteiger partial charge is 0.396 e. The lowest BCUT2D eigenvalue weighted by Gasteiger charge is -2.39. The number of nitrogens with one attached hydrogen (secondary N) is 1. The molecule has 118 valence electrons. The fraction of sp³-hybridized carbons (Fsp3) is 1.00. The van der Waals surface area contributed by atoms with Gasteiger partial charge in [0.05, 0.1) is 0 Å². The Morgan fingerprint density at radius 1 is 1.10 bits per heavy atom. The molecule has 0 radical (unpaired) electrons. The van der Waals surface area contributed by atoms with E-state index in [-0.39, 0.29) is 0 Å². The van der Waals surface area contributed by atoms with Crippen molar-refractivity contribution in [3.8, 4) is 0 Å². The number of aliphatic hydroxyl groups is 1. The van der Waals surface area contributed by atoms with Crippen LogP contribution in [0, 0.1) is 11.8 Å². The summed E-state index contributed by atoms with van der Waals surface area (Å²) in [6.45, 7) is 7.44. The Kier molecular flexibility index (Phi) is 7.32. The van der Waals surface area contributed by atoms with Gasteiger partial charge < -0.3 is 15.3 Å². The summed E-state index contributed by atoms with van der Waals surface area (Å²) in [5.41, 5.74) is 0. The molecule has 0 aromatic rings. The Morgan fingerprint density at radius 3 is 2.60 bits per heavy atom. The van der Waals surface area contributed by atoms with Gasteiger partial charge in [0, 0.05) is 25.7 Å². The highest BCUT2D eigenvalue weighted by molar-refractivity contribution is 4.84. The zero-order valence-electron chi connectivity index (χ0n) is 13.3. The molecule has 2 atom stereocenters. The second kappa shape index (κ2) is 9.01. The molecule has 1 aliphatic heterocycles. The van der Waals surface area contributed by atoms with Gasteiger partial charge >= 0.3 is 0 Å². The summed E-state index contributed by atoms with van der Waals surface area (Å²) >= 11 is 0. The van der Waals surface area contributed by atoms with E-state index in [1.165, 1.54) is 71.1 Å². The minimum Gasteiger partial charge on any atom is -0.396 e. The maximum Gasteiger partial charge on any atom is 0.0434 e. The van der Waals surface area contributed by atoms with E-state index in [1.54, 1.807) is 0 Å². The van der Waals surface area contributed by atoms with Crippen LogP contribution in [0.2, 0.25) is 0 Å². The van der Waals surface area contributed by atoms with E-state index >= 15 is 0 Å². The van der Waals surface area contributed by atoms with Crippen LogP contribution in [0.5, 0.6) is 0 Å². The van der Waals surface area contributed by atoms with Crippen LogP contribution < -0.4 is 5.32 Å². The number of hydrogen-bond donors (Lipinski definition) is 2. The Morgan fingerprint density at radius 2 is 1.90 bits per heavy atom. The lowest BCUT2D eigenvalue weighted by molar-refractivity contribution is 0.118. The van der Waals surface area contributed by atoms with E-state index in [4.69, 9.17) is 0 Å². The van der Waals surface area contributed by atoms with Crippen LogP contribution in [-0.4, -0.2) is 48.8 Å². The quantitative estimate of drug-likeness (QED) is 0.753. The predicted octanol–water partition coefficient (Wildman–Crippen LogP) is 2.64. The maximum absolute atomic E-state index is 9.22. The number of piperidine rings is 1. The fourth-order valence-corrected chi connectivity index (χ4v) is 4.07. The second-order valence-corrected chi connectivity index (χ2v) is 6.98. The molecule has 1 heterocycles. The molecule has 0 amide bonds. The third-order valence-corrected chi connectivity index (χ3v) is 5.11. The van der Waals surface area contributed by atoms with Crippen LogP contribution in [0.4, 0.5) is 0 Å². The maximum atomic E-state index is 9.22. The standard InChI is InChI=1S/C17H34N2O/c1-2-9-19-13-16(8-10-20)11-17(14-19)18-12-15-6-4-3-5-7-15/h15-18,20H,2-14H2,1H3. The smallest absolute Gasteiger partial charge is 0.0434 e. The molecule has 3 heteroatoms. The molecule has 1 saturated heterocycles. The van der Waals surface area contributed by atoms with Crippen molar-refractivity contribution >= 4 is 0 Å². The summed E-state index contributed by atoms with van der Waals surface area (Å²) in [4.78, 5) is 2.60. The van der Waals surface area contributed by atoms with Crippen LogP contribution in [0.25, 0.3) is 0 Å². The molecule has 3 nitrogen and oxygen atoms in total. The molecule has 0 aromatic heterocycles. The lowest BCUT2D eigenvalue weighted by atomic mass is 9.88. The molecule has 1 saturated carbocycles. The van der Waals surface area contributed by atoms with E-state index in [0.717, 1.165) is 12.3 Å². The Hall–Kier alpha value is -0.120. The molecule has 0 aromatic carbocycles. The first-order valence-electron chi connectivity index (χ1n) is 8.88. The van der Waals surface area contributed by atoms with Crippen molar-refractivity contribution in [3.05, 3.63) is 0 Å². The van der Waals surface area contributed by atoms with Crippen LogP contribution >= 0.6 is 0 Å².